The Labute approximate surface area is 113 Å². The van der Waals surface area contributed by atoms with E-state index in [1.807, 2.05) is 12.1 Å². The highest BCUT2D eigenvalue weighted by atomic mass is 79.9. The zero-order valence-electron chi connectivity index (χ0n) is 9.68. The van der Waals surface area contributed by atoms with E-state index in [2.05, 4.69) is 31.2 Å². The van der Waals surface area contributed by atoms with Gasteiger partial charge in [-0.1, -0.05) is 15.9 Å². The molecular weight excluding hydrogens is 298 g/mol. The molecule has 0 aliphatic rings. The summed E-state index contributed by atoms with van der Waals surface area (Å²) in [4.78, 5) is 18.5. The Hall–Kier alpha value is -1.82. The standard InChI is InChI=1S/C12H12BrN3O2/c1-8(11(17)16-12-14-6-7-15-12)18-10-4-2-9(13)3-5-10/h2-8H,1H3,(H2,14,15,16,17). The van der Waals surface area contributed by atoms with Gasteiger partial charge in [0, 0.05) is 16.9 Å². The number of halogens is 1. The molecule has 0 saturated carbocycles. The molecule has 1 atom stereocenters. The van der Waals surface area contributed by atoms with Gasteiger partial charge >= 0.3 is 0 Å². The summed E-state index contributed by atoms with van der Waals surface area (Å²) in [5.41, 5.74) is 0. The van der Waals surface area contributed by atoms with Gasteiger partial charge in [0.15, 0.2) is 6.10 Å². The molecule has 5 nitrogen and oxygen atoms in total. The predicted molar refractivity (Wildman–Crippen MR) is 71.4 cm³/mol. The average Bonchev–Trinajstić information content (AvgIpc) is 2.85. The molecule has 1 amide bonds. The maximum absolute atomic E-state index is 11.8. The van der Waals surface area contributed by atoms with E-state index in [1.165, 1.54) is 0 Å². The fourth-order valence-electron chi connectivity index (χ4n) is 1.32. The summed E-state index contributed by atoms with van der Waals surface area (Å²) in [6, 6.07) is 7.29. The van der Waals surface area contributed by atoms with Gasteiger partial charge in [0.2, 0.25) is 5.95 Å². The van der Waals surface area contributed by atoms with Gasteiger partial charge in [-0.2, -0.15) is 0 Å². The molecule has 2 rings (SSSR count). The van der Waals surface area contributed by atoms with Crippen LogP contribution in [0.2, 0.25) is 0 Å². The second-order valence-corrected chi connectivity index (χ2v) is 4.56. The fourth-order valence-corrected chi connectivity index (χ4v) is 1.59. The summed E-state index contributed by atoms with van der Waals surface area (Å²) < 4.78 is 6.47. The Bertz CT molecular complexity index is 511. The highest BCUT2D eigenvalue weighted by Gasteiger charge is 2.15. The van der Waals surface area contributed by atoms with Crippen LogP contribution in [-0.2, 0) is 4.79 Å². The number of amides is 1. The Kier molecular flexibility index (Phi) is 3.99. The topological polar surface area (TPSA) is 67.0 Å². The SMILES string of the molecule is CC(Oc1ccc(Br)cc1)C(=O)Nc1ncc[nH]1. The molecule has 1 aromatic heterocycles. The maximum atomic E-state index is 11.8. The lowest BCUT2D eigenvalue weighted by molar-refractivity contribution is -0.122. The van der Waals surface area contributed by atoms with Gasteiger partial charge in [-0.3, -0.25) is 10.1 Å². The number of carbonyl (C=O) groups excluding carboxylic acids is 1. The van der Waals surface area contributed by atoms with Gasteiger partial charge in [0.05, 0.1) is 0 Å². The molecular formula is C12H12BrN3O2. The highest BCUT2D eigenvalue weighted by molar-refractivity contribution is 9.10. The third-order valence-corrected chi connectivity index (χ3v) is 2.76. The number of aromatic nitrogens is 2. The van der Waals surface area contributed by atoms with Crippen molar-refractivity contribution in [2.24, 2.45) is 0 Å². The first-order valence-electron chi connectivity index (χ1n) is 5.37. The molecule has 0 saturated heterocycles. The molecule has 1 aromatic carbocycles. The van der Waals surface area contributed by atoms with Crippen molar-refractivity contribution in [3.63, 3.8) is 0 Å². The summed E-state index contributed by atoms with van der Waals surface area (Å²) in [5, 5.41) is 2.61. The molecule has 2 N–H and O–H groups in total. The number of H-pyrrole nitrogens is 1. The van der Waals surface area contributed by atoms with Crippen molar-refractivity contribution in [1.82, 2.24) is 9.97 Å². The number of anilines is 1. The van der Waals surface area contributed by atoms with Crippen LogP contribution in [0.1, 0.15) is 6.92 Å². The first kappa shape index (κ1) is 12.6. The van der Waals surface area contributed by atoms with Crippen LogP contribution in [0.25, 0.3) is 0 Å². The van der Waals surface area contributed by atoms with E-state index in [9.17, 15) is 4.79 Å². The van der Waals surface area contributed by atoms with Gasteiger partial charge in [-0.15, -0.1) is 0 Å². The lowest BCUT2D eigenvalue weighted by atomic mass is 10.3. The number of ether oxygens (including phenoxy) is 1. The molecule has 94 valence electrons. The predicted octanol–water partition coefficient (Wildman–Crippen LogP) is 2.58. The van der Waals surface area contributed by atoms with Crippen LogP contribution in [0, 0.1) is 0 Å². The zero-order chi connectivity index (χ0) is 13.0. The van der Waals surface area contributed by atoms with Crippen LogP contribution in [0.15, 0.2) is 41.1 Å². The largest absolute Gasteiger partial charge is 0.481 e. The van der Waals surface area contributed by atoms with E-state index in [-0.39, 0.29) is 5.91 Å². The maximum Gasteiger partial charge on any atom is 0.267 e. The molecule has 1 heterocycles. The van der Waals surface area contributed by atoms with E-state index in [4.69, 9.17) is 4.74 Å². The van der Waals surface area contributed by atoms with Crippen molar-refractivity contribution in [2.45, 2.75) is 13.0 Å². The van der Waals surface area contributed by atoms with Gasteiger partial charge in [-0.25, -0.2) is 4.98 Å². The number of aromatic amines is 1. The lowest BCUT2D eigenvalue weighted by Gasteiger charge is -2.13. The number of benzene rings is 1. The van der Waals surface area contributed by atoms with Crippen molar-refractivity contribution in [3.8, 4) is 5.75 Å². The lowest BCUT2D eigenvalue weighted by Crippen LogP contribution is -2.30. The molecule has 18 heavy (non-hydrogen) atoms. The molecule has 0 aliphatic carbocycles. The van der Waals surface area contributed by atoms with E-state index < -0.39 is 6.10 Å². The van der Waals surface area contributed by atoms with Crippen LogP contribution in [0.4, 0.5) is 5.95 Å². The minimum absolute atomic E-state index is 0.257. The first-order chi connectivity index (χ1) is 8.65. The third-order valence-electron chi connectivity index (χ3n) is 2.24. The molecule has 0 aliphatic heterocycles. The van der Waals surface area contributed by atoms with Crippen LogP contribution in [0.3, 0.4) is 0 Å². The van der Waals surface area contributed by atoms with Crippen LogP contribution in [-0.4, -0.2) is 22.0 Å². The molecule has 0 radical (unpaired) electrons. The second kappa shape index (κ2) is 5.68. The Balaban J connectivity index is 1.93. The number of hydrogen-bond acceptors (Lipinski definition) is 3. The zero-order valence-corrected chi connectivity index (χ0v) is 11.3. The minimum Gasteiger partial charge on any atom is -0.481 e. The number of hydrogen-bond donors (Lipinski definition) is 2. The summed E-state index contributed by atoms with van der Waals surface area (Å²) in [7, 11) is 0. The van der Waals surface area contributed by atoms with Crippen molar-refractivity contribution < 1.29 is 9.53 Å². The number of nitrogens with one attached hydrogen (secondary N) is 2. The third kappa shape index (κ3) is 3.33. The molecule has 6 heteroatoms. The number of imidazole rings is 1. The summed E-state index contributed by atoms with van der Waals surface area (Å²) in [5.74, 6) is 0.791. The molecule has 0 bridgehead atoms. The normalized spacial score (nSPS) is 11.9. The van der Waals surface area contributed by atoms with Crippen molar-refractivity contribution in [2.75, 3.05) is 5.32 Å². The number of carbonyl (C=O) groups is 1. The van der Waals surface area contributed by atoms with Crippen LogP contribution < -0.4 is 10.1 Å². The van der Waals surface area contributed by atoms with E-state index >= 15 is 0 Å². The molecule has 0 spiro atoms. The number of rotatable bonds is 4. The van der Waals surface area contributed by atoms with E-state index in [0.29, 0.717) is 11.7 Å². The molecule has 2 aromatic rings. The fraction of sp³-hybridized carbons (Fsp3) is 0.167. The van der Waals surface area contributed by atoms with Crippen molar-refractivity contribution >= 4 is 27.8 Å². The van der Waals surface area contributed by atoms with E-state index in [0.717, 1.165) is 4.47 Å². The van der Waals surface area contributed by atoms with E-state index in [1.54, 1.807) is 31.5 Å². The Morgan fingerprint density at radius 1 is 1.44 bits per heavy atom. The highest BCUT2D eigenvalue weighted by Crippen LogP contribution is 2.17. The van der Waals surface area contributed by atoms with Gasteiger partial charge in [0.1, 0.15) is 5.75 Å². The Morgan fingerprint density at radius 2 is 2.17 bits per heavy atom. The van der Waals surface area contributed by atoms with Crippen LogP contribution in [0.5, 0.6) is 5.75 Å². The number of nitrogens with zero attached hydrogens (tertiary/aromatic N) is 1. The average molecular weight is 310 g/mol. The van der Waals surface area contributed by atoms with Crippen molar-refractivity contribution in [3.05, 3.63) is 41.1 Å². The summed E-state index contributed by atoms with van der Waals surface area (Å²) in [6.45, 7) is 1.68. The van der Waals surface area contributed by atoms with Crippen LogP contribution >= 0.6 is 15.9 Å². The van der Waals surface area contributed by atoms with Gasteiger partial charge in [-0.05, 0) is 31.2 Å². The monoisotopic (exact) mass is 309 g/mol. The smallest absolute Gasteiger partial charge is 0.267 e. The minimum atomic E-state index is -0.601. The quantitative estimate of drug-likeness (QED) is 0.912. The summed E-state index contributed by atoms with van der Waals surface area (Å²) in [6.07, 6.45) is 2.60. The molecule has 0 fully saturated rings. The summed E-state index contributed by atoms with van der Waals surface area (Å²) >= 11 is 3.33. The van der Waals surface area contributed by atoms with Crippen molar-refractivity contribution in [1.29, 1.82) is 0 Å². The second-order valence-electron chi connectivity index (χ2n) is 3.64. The van der Waals surface area contributed by atoms with Gasteiger partial charge in [0.25, 0.3) is 5.91 Å². The Morgan fingerprint density at radius 3 is 2.78 bits per heavy atom. The first-order valence-corrected chi connectivity index (χ1v) is 6.17. The van der Waals surface area contributed by atoms with Gasteiger partial charge < -0.3 is 9.72 Å². The molecule has 1 unspecified atom stereocenters.